The molecule has 0 saturated heterocycles. The minimum absolute atomic E-state index is 0.517. The Morgan fingerprint density at radius 2 is 2.35 bits per heavy atom. The molecule has 0 bridgehead atoms. The van der Waals surface area contributed by atoms with Gasteiger partial charge >= 0.3 is 0 Å². The lowest BCUT2D eigenvalue weighted by molar-refractivity contribution is 0.725. The lowest BCUT2D eigenvalue weighted by Gasteiger charge is -2.06. The summed E-state index contributed by atoms with van der Waals surface area (Å²) in [5.74, 6) is 6.44. The Bertz CT molecular complexity index is 560. The van der Waals surface area contributed by atoms with Crippen LogP contribution in [0.3, 0.4) is 0 Å². The van der Waals surface area contributed by atoms with Gasteiger partial charge in [0.05, 0.1) is 18.2 Å². The molecule has 0 saturated carbocycles. The van der Waals surface area contributed by atoms with Crippen LogP contribution in [0.15, 0.2) is 30.9 Å². The molecule has 0 aliphatic rings. The maximum Gasteiger partial charge on any atom is 0.123 e. The van der Waals surface area contributed by atoms with E-state index in [-0.39, 0.29) is 0 Å². The van der Waals surface area contributed by atoms with Crippen molar-refractivity contribution < 1.29 is 0 Å². The number of pyridine rings is 1. The molecular formula is C13H14N4. The minimum atomic E-state index is 0.517. The number of aromatic nitrogens is 3. The molecule has 4 heteroatoms. The van der Waals surface area contributed by atoms with Crippen molar-refractivity contribution in [2.24, 2.45) is 0 Å². The predicted molar refractivity (Wildman–Crippen MR) is 67.9 cm³/mol. The SMILES string of the molecule is CC#CCCn1cncc1-c1ccnc(N)c1. The van der Waals surface area contributed by atoms with E-state index in [1.54, 1.807) is 6.20 Å². The number of anilines is 1. The van der Waals surface area contributed by atoms with Gasteiger partial charge in [0.1, 0.15) is 5.82 Å². The Morgan fingerprint density at radius 1 is 1.47 bits per heavy atom. The Balaban J connectivity index is 2.26. The van der Waals surface area contributed by atoms with Gasteiger partial charge in [-0.25, -0.2) is 9.97 Å². The third kappa shape index (κ3) is 2.64. The van der Waals surface area contributed by atoms with Crippen LogP contribution in [-0.2, 0) is 6.54 Å². The molecule has 86 valence electrons. The topological polar surface area (TPSA) is 56.7 Å². The first-order chi connectivity index (χ1) is 8.31. The van der Waals surface area contributed by atoms with Crippen LogP contribution in [0.25, 0.3) is 11.3 Å². The monoisotopic (exact) mass is 226 g/mol. The number of nitrogens with zero attached hydrogens (tertiary/aromatic N) is 3. The number of nitrogens with two attached hydrogens (primary N) is 1. The second kappa shape index (κ2) is 5.17. The fourth-order valence-corrected chi connectivity index (χ4v) is 1.65. The van der Waals surface area contributed by atoms with E-state index in [1.165, 1.54) is 0 Å². The highest BCUT2D eigenvalue weighted by atomic mass is 15.0. The molecule has 0 spiro atoms. The third-order valence-corrected chi connectivity index (χ3v) is 2.44. The van der Waals surface area contributed by atoms with Crippen LogP contribution in [0.4, 0.5) is 5.82 Å². The maximum absolute atomic E-state index is 5.67. The molecule has 2 rings (SSSR count). The number of imidazole rings is 1. The van der Waals surface area contributed by atoms with Gasteiger partial charge in [-0.2, -0.15) is 0 Å². The summed E-state index contributed by atoms with van der Waals surface area (Å²) in [6.07, 6.45) is 6.16. The van der Waals surface area contributed by atoms with Crippen molar-refractivity contribution >= 4 is 5.82 Å². The standard InChI is InChI=1S/C13H14N4/c1-2-3-4-7-17-10-15-9-12(17)11-5-6-16-13(14)8-11/h5-6,8-10H,4,7H2,1H3,(H2,14,16). The second-order valence-electron chi connectivity index (χ2n) is 3.62. The fraction of sp³-hybridized carbons (Fsp3) is 0.231. The molecule has 17 heavy (non-hydrogen) atoms. The summed E-state index contributed by atoms with van der Waals surface area (Å²) in [6, 6.07) is 3.77. The number of rotatable bonds is 3. The average Bonchev–Trinajstić information content (AvgIpc) is 2.78. The number of nitrogen functional groups attached to an aromatic ring is 1. The van der Waals surface area contributed by atoms with Crippen molar-refractivity contribution in [1.29, 1.82) is 0 Å². The zero-order valence-corrected chi connectivity index (χ0v) is 9.72. The lowest BCUT2D eigenvalue weighted by Crippen LogP contribution is -1.98. The molecule has 0 radical (unpaired) electrons. The molecule has 0 unspecified atom stereocenters. The third-order valence-electron chi connectivity index (χ3n) is 2.44. The summed E-state index contributed by atoms with van der Waals surface area (Å²) in [7, 11) is 0. The molecule has 4 nitrogen and oxygen atoms in total. The number of hydrogen-bond acceptors (Lipinski definition) is 3. The Labute approximate surface area is 101 Å². The average molecular weight is 226 g/mol. The van der Waals surface area contributed by atoms with Crippen molar-refractivity contribution in [3.63, 3.8) is 0 Å². The fourth-order valence-electron chi connectivity index (χ4n) is 1.65. The van der Waals surface area contributed by atoms with Gasteiger partial charge < -0.3 is 10.3 Å². The quantitative estimate of drug-likeness (QED) is 0.814. The van der Waals surface area contributed by atoms with Gasteiger partial charge in [-0.3, -0.25) is 0 Å². The summed E-state index contributed by atoms with van der Waals surface area (Å²) < 4.78 is 2.07. The first kappa shape index (κ1) is 11.2. The van der Waals surface area contributed by atoms with E-state index in [0.29, 0.717) is 5.82 Å². The molecule has 2 heterocycles. The van der Waals surface area contributed by atoms with Crippen LogP contribution in [0.2, 0.25) is 0 Å². The molecular weight excluding hydrogens is 212 g/mol. The lowest BCUT2D eigenvalue weighted by atomic mass is 10.2. The highest BCUT2D eigenvalue weighted by Gasteiger charge is 2.04. The zero-order chi connectivity index (χ0) is 12.1. The highest BCUT2D eigenvalue weighted by Crippen LogP contribution is 2.19. The van der Waals surface area contributed by atoms with E-state index in [1.807, 2.05) is 31.6 Å². The normalized spacial score (nSPS) is 9.71. The van der Waals surface area contributed by atoms with Crippen LogP contribution in [-0.4, -0.2) is 14.5 Å². The van der Waals surface area contributed by atoms with Gasteiger partial charge in [0.25, 0.3) is 0 Å². The summed E-state index contributed by atoms with van der Waals surface area (Å²) in [5.41, 5.74) is 7.74. The van der Waals surface area contributed by atoms with Crippen molar-refractivity contribution in [2.45, 2.75) is 19.9 Å². The second-order valence-corrected chi connectivity index (χ2v) is 3.62. The first-order valence-electron chi connectivity index (χ1n) is 5.43. The van der Waals surface area contributed by atoms with Crippen LogP contribution in [0, 0.1) is 11.8 Å². The van der Waals surface area contributed by atoms with Gasteiger partial charge in [-0.05, 0) is 19.1 Å². The van der Waals surface area contributed by atoms with Crippen LogP contribution < -0.4 is 5.73 Å². The van der Waals surface area contributed by atoms with E-state index >= 15 is 0 Å². The van der Waals surface area contributed by atoms with E-state index in [0.717, 1.165) is 24.2 Å². The molecule has 2 N–H and O–H groups in total. The Hall–Kier alpha value is -2.28. The molecule has 0 fully saturated rings. The number of aryl methyl sites for hydroxylation is 1. The number of hydrogen-bond donors (Lipinski definition) is 1. The smallest absolute Gasteiger partial charge is 0.123 e. The van der Waals surface area contributed by atoms with Gasteiger partial charge in [0.15, 0.2) is 0 Å². The van der Waals surface area contributed by atoms with E-state index in [9.17, 15) is 0 Å². The van der Waals surface area contributed by atoms with Crippen LogP contribution in [0.1, 0.15) is 13.3 Å². The first-order valence-corrected chi connectivity index (χ1v) is 5.43. The molecule has 0 atom stereocenters. The van der Waals surface area contributed by atoms with E-state index < -0.39 is 0 Å². The Morgan fingerprint density at radius 3 is 3.12 bits per heavy atom. The van der Waals surface area contributed by atoms with Crippen LogP contribution >= 0.6 is 0 Å². The van der Waals surface area contributed by atoms with Crippen molar-refractivity contribution in [2.75, 3.05) is 5.73 Å². The van der Waals surface area contributed by atoms with Crippen molar-refractivity contribution in [3.8, 4) is 23.1 Å². The van der Waals surface area contributed by atoms with Crippen LogP contribution in [0.5, 0.6) is 0 Å². The van der Waals surface area contributed by atoms with Crippen molar-refractivity contribution in [3.05, 3.63) is 30.9 Å². The minimum Gasteiger partial charge on any atom is -0.384 e. The highest BCUT2D eigenvalue weighted by molar-refractivity contribution is 5.61. The maximum atomic E-state index is 5.67. The summed E-state index contributed by atoms with van der Waals surface area (Å²) in [5, 5.41) is 0. The molecule has 2 aromatic rings. The molecule has 0 aliphatic heterocycles. The van der Waals surface area contributed by atoms with E-state index in [4.69, 9.17) is 5.73 Å². The van der Waals surface area contributed by atoms with Gasteiger partial charge in [-0.1, -0.05) is 0 Å². The summed E-state index contributed by atoms with van der Waals surface area (Å²) >= 11 is 0. The largest absolute Gasteiger partial charge is 0.384 e. The predicted octanol–water partition coefficient (Wildman–Crippen LogP) is 1.94. The van der Waals surface area contributed by atoms with Gasteiger partial charge in [0.2, 0.25) is 0 Å². The van der Waals surface area contributed by atoms with E-state index in [2.05, 4.69) is 26.4 Å². The van der Waals surface area contributed by atoms with Gasteiger partial charge in [0, 0.05) is 24.7 Å². The molecule has 0 aromatic carbocycles. The molecule has 0 amide bonds. The summed E-state index contributed by atoms with van der Waals surface area (Å²) in [6.45, 7) is 2.68. The molecule has 2 aromatic heterocycles. The molecule has 0 aliphatic carbocycles. The summed E-state index contributed by atoms with van der Waals surface area (Å²) in [4.78, 5) is 8.14. The zero-order valence-electron chi connectivity index (χ0n) is 9.72. The Kier molecular flexibility index (Phi) is 3.41. The van der Waals surface area contributed by atoms with Crippen molar-refractivity contribution in [1.82, 2.24) is 14.5 Å². The van der Waals surface area contributed by atoms with Gasteiger partial charge in [-0.15, -0.1) is 11.8 Å².